The summed E-state index contributed by atoms with van der Waals surface area (Å²) in [5.74, 6) is 2.52. The molecule has 1 aliphatic rings. The zero-order valence-corrected chi connectivity index (χ0v) is 10.6. The van der Waals surface area contributed by atoms with Crippen LogP contribution >= 0.6 is 11.8 Å². The van der Waals surface area contributed by atoms with E-state index in [-0.39, 0.29) is 0 Å². The van der Waals surface area contributed by atoms with Crippen molar-refractivity contribution in [3.05, 3.63) is 29.8 Å². The fraction of sp³-hybridized carbons (Fsp3) is 0.538. The van der Waals surface area contributed by atoms with E-state index in [4.69, 9.17) is 4.74 Å². The Kier molecular flexibility index (Phi) is 4.55. The van der Waals surface area contributed by atoms with Gasteiger partial charge in [0.25, 0.3) is 0 Å². The number of methoxy groups -OCH3 is 1. The van der Waals surface area contributed by atoms with Gasteiger partial charge in [0.05, 0.1) is 6.61 Å². The van der Waals surface area contributed by atoms with E-state index in [1.165, 1.54) is 29.2 Å². The smallest absolute Gasteiger partial charge is 0.0503 e. The molecule has 0 saturated carbocycles. The predicted octanol–water partition coefficient (Wildman–Crippen LogP) is 2.79. The summed E-state index contributed by atoms with van der Waals surface area (Å²) in [5.41, 5.74) is 2.65. The van der Waals surface area contributed by atoms with Crippen molar-refractivity contribution in [3.63, 3.8) is 0 Å². The van der Waals surface area contributed by atoms with Crippen LogP contribution in [0.4, 0.5) is 5.69 Å². The van der Waals surface area contributed by atoms with Gasteiger partial charge in [-0.3, -0.25) is 0 Å². The molecule has 1 saturated heterocycles. The molecule has 0 bridgehead atoms. The van der Waals surface area contributed by atoms with Crippen LogP contribution in [0, 0.1) is 0 Å². The van der Waals surface area contributed by atoms with Crippen LogP contribution in [0.15, 0.2) is 24.3 Å². The normalized spacial score (nSPS) is 19.9. The zero-order valence-electron chi connectivity index (χ0n) is 9.74. The summed E-state index contributed by atoms with van der Waals surface area (Å²) in [7, 11) is 1.75. The van der Waals surface area contributed by atoms with Gasteiger partial charge in [-0.15, -0.1) is 0 Å². The molecule has 1 heterocycles. The number of ether oxygens (including phenoxy) is 1. The van der Waals surface area contributed by atoms with Gasteiger partial charge in [0.2, 0.25) is 0 Å². The van der Waals surface area contributed by atoms with E-state index in [1.54, 1.807) is 7.11 Å². The van der Waals surface area contributed by atoms with Crippen LogP contribution in [0.2, 0.25) is 0 Å². The number of benzene rings is 1. The van der Waals surface area contributed by atoms with E-state index in [1.807, 2.05) is 11.8 Å². The Morgan fingerprint density at radius 2 is 2.31 bits per heavy atom. The Balaban J connectivity index is 2.00. The molecule has 0 amide bonds. The third kappa shape index (κ3) is 3.16. The van der Waals surface area contributed by atoms with Crippen LogP contribution in [0.1, 0.15) is 12.0 Å². The van der Waals surface area contributed by atoms with Crippen LogP contribution in [0.3, 0.4) is 0 Å². The van der Waals surface area contributed by atoms with Crippen LogP contribution in [-0.4, -0.2) is 31.3 Å². The minimum absolute atomic E-state index is 0.647. The van der Waals surface area contributed by atoms with Crippen molar-refractivity contribution < 1.29 is 4.74 Å². The van der Waals surface area contributed by atoms with E-state index >= 15 is 0 Å². The SMILES string of the molecule is COCCc1ccccc1NC1CCSC1. The second-order valence-electron chi connectivity index (χ2n) is 4.10. The van der Waals surface area contributed by atoms with Crippen molar-refractivity contribution in [3.8, 4) is 0 Å². The molecule has 1 unspecified atom stereocenters. The highest BCUT2D eigenvalue weighted by molar-refractivity contribution is 7.99. The third-order valence-corrected chi connectivity index (χ3v) is 4.04. The minimum Gasteiger partial charge on any atom is -0.384 e. The lowest BCUT2D eigenvalue weighted by Crippen LogP contribution is -2.19. The standard InChI is InChI=1S/C13H19NOS/c1-15-8-6-11-4-2-3-5-13(11)14-12-7-9-16-10-12/h2-5,12,14H,6-10H2,1H3. The number of anilines is 1. The Morgan fingerprint density at radius 3 is 3.06 bits per heavy atom. The van der Waals surface area contributed by atoms with Crippen molar-refractivity contribution in [1.29, 1.82) is 0 Å². The quantitative estimate of drug-likeness (QED) is 0.851. The van der Waals surface area contributed by atoms with Crippen LogP contribution < -0.4 is 5.32 Å². The molecule has 3 heteroatoms. The number of hydrogen-bond donors (Lipinski definition) is 1. The Morgan fingerprint density at radius 1 is 1.44 bits per heavy atom. The number of thioether (sulfide) groups is 1. The number of hydrogen-bond acceptors (Lipinski definition) is 3. The van der Waals surface area contributed by atoms with E-state index < -0.39 is 0 Å². The van der Waals surface area contributed by atoms with Gasteiger partial charge in [-0.1, -0.05) is 18.2 Å². The maximum absolute atomic E-state index is 5.14. The summed E-state index contributed by atoms with van der Waals surface area (Å²) in [6, 6.07) is 9.20. The van der Waals surface area contributed by atoms with Crippen LogP contribution in [0.5, 0.6) is 0 Å². The van der Waals surface area contributed by atoms with Gasteiger partial charge in [0, 0.05) is 24.6 Å². The maximum Gasteiger partial charge on any atom is 0.0503 e. The highest BCUT2D eigenvalue weighted by Gasteiger charge is 2.15. The van der Waals surface area contributed by atoms with E-state index in [9.17, 15) is 0 Å². The highest BCUT2D eigenvalue weighted by atomic mass is 32.2. The lowest BCUT2D eigenvalue weighted by molar-refractivity contribution is 0.202. The first-order valence-corrected chi connectivity index (χ1v) is 6.97. The molecule has 1 aromatic rings. The lowest BCUT2D eigenvalue weighted by atomic mass is 10.1. The summed E-state index contributed by atoms with van der Waals surface area (Å²) in [5, 5.41) is 3.64. The van der Waals surface area contributed by atoms with Gasteiger partial charge in [-0.2, -0.15) is 11.8 Å². The molecule has 1 atom stereocenters. The van der Waals surface area contributed by atoms with E-state index in [0.29, 0.717) is 6.04 Å². The fourth-order valence-corrected chi connectivity index (χ4v) is 3.11. The van der Waals surface area contributed by atoms with Gasteiger partial charge in [-0.05, 0) is 30.2 Å². The summed E-state index contributed by atoms with van der Waals surface area (Å²) in [6.07, 6.45) is 2.27. The second-order valence-corrected chi connectivity index (χ2v) is 5.25. The largest absolute Gasteiger partial charge is 0.384 e. The third-order valence-electron chi connectivity index (χ3n) is 2.88. The van der Waals surface area contributed by atoms with E-state index in [2.05, 4.69) is 29.6 Å². The Labute approximate surface area is 102 Å². The van der Waals surface area contributed by atoms with Gasteiger partial charge < -0.3 is 10.1 Å². The molecule has 0 spiro atoms. The maximum atomic E-state index is 5.14. The molecule has 1 fully saturated rings. The molecule has 0 aliphatic carbocycles. The number of para-hydroxylation sites is 1. The molecule has 0 aromatic heterocycles. The average Bonchev–Trinajstić information content (AvgIpc) is 2.81. The van der Waals surface area contributed by atoms with Crippen molar-refractivity contribution >= 4 is 17.4 Å². The first kappa shape index (κ1) is 11.8. The summed E-state index contributed by atoms with van der Waals surface area (Å²) in [4.78, 5) is 0. The van der Waals surface area contributed by atoms with Gasteiger partial charge in [0.15, 0.2) is 0 Å². The molecule has 0 radical (unpaired) electrons. The fourth-order valence-electron chi connectivity index (χ4n) is 1.96. The monoisotopic (exact) mass is 237 g/mol. The van der Waals surface area contributed by atoms with Crippen molar-refractivity contribution in [2.45, 2.75) is 18.9 Å². The van der Waals surface area contributed by atoms with E-state index in [0.717, 1.165) is 13.0 Å². The second kappa shape index (κ2) is 6.16. The Bertz CT molecular complexity index is 323. The summed E-state index contributed by atoms with van der Waals surface area (Å²) >= 11 is 2.04. The molecule has 2 nitrogen and oxygen atoms in total. The van der Waals surface area contributed by atoms with Gasteiger partial charge in [-0.25, -0.2) is 0 Å². The summed E-state index contributed by atoms with van der Waals surface area (Å²) in [6.45, 7) is 0.790. The molecule has 1 aliphatic heterocycles. The predicted molar refractivity (Wildman–Crippen MR) is 71.4 cm³/mol. The molecular weight excluding hydrogens is 218 g/mol. The van der Waals surface area contributed by atoms with Crippen LogP contribution in [-0.2, 0) is 11.2 Å². The van der Waals surface area contributed by atoms with Gasteiger partial charge >= 0.3 is 0 Å². The topological polar surface area (TPSA) is 21.3 Å². The molecule has 1 N–H and O–H groups in total. The lowest BCUT2D eigenvalue weighted by Gasteiger charge is -2.16. The van der Waals surface area contributed by atoms with Crippen molar-refractivity contribution in [2.75, 3.05) is 30.5 Å². The first-order chi connectivity index (χ1) is 7.90. The van der Waals surface area contributed by atoms with Crippen LogP contribution in [0.25, 0.3) is 0 Å². The van der Waals surface area contributed by atoms with Crippen molar-refractivity contribution in [2.24, 2.45) is 0 Å². The number of rotatable bonds is 5. The van der Waals surface area contributed by atoms with Crippen molar-refractivity contribution in [1.82, 2.24) is 0 Å². The van der Waals surface area contributed by atoms with Gasteiger partial charge in [0.1, 0.15) is 0 Å². The highest BCUT2D eigenvalue weighted by Crippen LogP contribution is 2.23. The molecule has 2 rings (SSSR count). The Hall–Kier alpha value is -0.670. The molecule has 1 aromatic carbocycles. The molecule has 16 heavy (non-hydrogen) atoms. The zero-order chi connectivity index (χ0) is 11.2. The summed E-state index contributed by atoms with van der Waals surface area (Å²) < 4.78 is 5.14. The molecule has 88 valence electrons. The average molecular weight is 237 g/mol. The number of nitrogens with one attached hydrogen (secondary N) is 1. The molecular formula is C13H19NOS. The first-order valence-electron chi connectivity index (χ1n) is 5.81. The minimum atomic E-state index is 0.647.